The number of anilines is 1. The van der Waals surface area contributed by atoms with Crippen molar-refractivity contribution in [2.45, 2.75) is 52.5 Å². The molecule has 2 nitrogen and oxygen atoms in total. The SMILES string of the molecule is CCN(CC(CC)(CC)CNC1CC1)c1ccc(F)cc1. The Hall–Kier alpha value is -1.09. The van der Waals surface area contributed by atoms with E-state index in [1.54, 1.807) is 12.1 Å². The van der Waals surface area contributed by atoms with Crippen LogP contribution in [-0.2, 0) is 0 Å². The summed E-state index contributed by atoms with van der Waals surface area (Å²) in [6.07, 6.45) is 5.00. The summed E-state index contributed by atoms with van der Waals surface area (Å²) in [5.41, 5.74) is 1.42. The zero-order valence-electron chi connectivity index (χ0n) is 13.7. The first-order chi connectivity index (χ1) is 10.1. The Balaban J connectivity index is 2.06. The fourth-order valence-electron chi connectivity index (χ4n) is 2.87. The number of halogens is 1. The number of hydrogen-bond donors (Lipinski definition) is 1. The summed E-state index contributed by atoms with van der Waals surface area (Å²) < 4.78 is 13.1. The molecule has 0 bridgehead atoms. The first kappa shape index (κ1) is 16.3. The Labute approximate surface area is 128 Å². The van der Waals surface area contributed by atoms with Crippen LogP contribution in [0.2, 0.25) is 0 Å². The molecule has 0 radical (unpaired) electrons. The fourth-order valence-corrected chi connectivity index (χ4v) is 2.87. The molecule has 0 unspecified atom stereocenters. The number of nitrogens with one attached hydrogen (secondary N) is 1. The normalized spacial score (nSPS) is 15.2. The monoisotopic (exact) mass is 292 g/mol. The lowest BCUT2D eigenvalue weighted by molar-refractivity contribution is 0.252. The highest BCUT2D eigenvalue weighted by molar-refractivity contribution is 5.46. The van der Waals surface area contributed by atoms with Gasteiger partial charge in [0.05, 0.1) is 0 Å². The zero-order chi connectivity index (χ0) is 15.3. The van der Waals surface area contributed by atoms with Crippen molar-refractivity contribution in [1.29, 1.82) is 0 Å². The predicted molar refractivity (Wildman–Crippen MR) is 88.3 cm³/mol. The van der Waals surface area contributed by atoms with Gasteiger partial charge in [-0.2, -0.15) is 0 Å². The van der Waals surface area contributed by atoms with Crippen molar-refractivity contribution >= 4 is 5.69 Å². The average molecular weight is 292 g/mol. The molecule has 1 aliphatic carbocycles. The number of nitrogens with zero attached hydrogens (tertiary/aromatic N) is 1. The first-order valence-electron chi connectivity index (χ1n) is 8.36. The quantitative estimate of drug-likeness (QED) is 0.733. The highest BCUT2D eigenvalue weighted by atomic mass is 19.1. The Morgan fingerprint density at radius 1 is 1.14 bits per heavy atom. The third-order valence-electron chi connectivity index (χ3n) is 4.94. The molecule has 2 rings (SSSR count). The van der Waals surface area contributed by atoms with E-state index < -0.39 is 0 Å². The van der Waals surface area contributed by atoms with Crippen LogP contribution in [0.5, 0.6) is 0 Å². The van der Waals surface area contributed by atoms with Gasteiger partial charge >= 0.3 is 0 Å². The molecule has 0 amide bonds. The van der Waals surface area contributed by atoms with E-state index in [1.807, 2.05) is 12.1 Å². The molecule has 118 valence electrons. The van der Waals surface area contributed by atoms with Gasteiger partial charge in [0.1, 0.15) is 5.82 Å². The van der Waals surface area contributed by atoms with Crippen LogP contribution in [-0.4, -0.2) is 25.7 Å². The second-order valence-electron chi connectivity index (χ2n) is 6.35. The van der Waals surface area contributed by atoms with Crippen molar-refractivity contribution in [2.24, 2.45) is 5.41 Å². The maximum Gasteiger partial charge on any atom is 0.123 e. The van der Waals surface area contributed by atoms with Crippen LogP contribution >= 0.6 is 0 Å². The predicted octanol–water partition coefficient (Wildman–Crippen LogP) is 4.21. The Bertz CT molecular complexity index is 421. The van der Waals surface area contributed by atoms with Gasteiger partial charge in [0, 0.05) is 31.4 Å². The van der Waals surface area contributed by atoms with E-state index in [0.717, 1.165) is 31.4 Å². The molecule has 21 heavy (non-hydrogen) atoms. The maximum atomic E-state index is 13.1. The topological polar surface area (TPSA) is 15.3 Å². The Kier molecular flexibility index (Phi) is 5.63. The second-order valence-corrected chi connectivity index (χ2v) is 6.35. The van der Waals surface area contributed by atoms with E-state index in [9.17, 15) is 4.39 Å². The van der Waals surface area contributed by atoms with Gasteiger partial charge in [-0.05, 0) is 62.3 Å². The molecule has 1 aromatic carbocycles. The maximum absolute atomic E-state index is 13.1. The summed E-state index contributed by atoms with van der Waals surface area (Å²) in [6, 6.07) is 7.65. The minimum Gasteiger partial charge on any atom is -0.371 e. The summed E-state index contributed by atoms with van der Waals surface area (Å²) in [5, 5.41) is 3.70. The molecule has 3 heteroatoms. The van der Waals surface area contributed by atoms with Crippen molar-refractivity contribution in [1.82, 2.24) is 5.32 Å². The minimum absolute atomic E-state index is 0.164. The highest BCUT2D eigenvalue weighted by Gasteiger charge is 2.31. The Morgan fingerprint density at radius 3 is 2.24 bits per heavy atom. The largest absolute Gasteiger partial charge is 0.371 e. The molecule has 1 saturated carbocycles. The van der Waals surface area contributed by atoms with Crippen molar-refractivity contribution in [3.8, 4) is 0 Å². The summed E-state index contributed by atoms with van der Waals surface area (Å²) in [7, 11) is 0. The molecule has 0 atom stereocenters. The van der Waals surface area contributed by atoms with Crippen LogP contribution in [0.1, 0.15) is 46.5 Å². The van der Waals surface area contributed by atoms with E-state index in [1.165, 1.54) is 25.7 Å². The zero-order valence-corrected chi connectivity index (χ0v) is 13.7. The van der Waals surface area contributed by atoms with Crippen LogP contribution in [0, 0.1) is 11.2 Å². The summed E-state index contributed by atoms with van der Waals surface area (Å²) >= 11 is 0. The van der Waals surface area contributed by atoms with Crippen LogP contribution in [0.3, 0.4) is 0 Å². The van der Waals surface area contributed by atoms with Gasteiger partial charge < -0.3 is 10.2 Å². The summed E-state index contributed by atoms with van der Waals surface area (Å²) in [5.74, 6) is -0.164. The van der Waals surface area contributed by atoms with Gasteiger partial charge in [0.15, 0.2) is 0 Å². The average Bonchev–Trinajstić information content (AvgIpc) is 3.34. The van der Waals surface area contributed by atoms with E-state index in [-0.39, 0.29) is 5.82 Å². The van der Waals surface area contributed by atoms with Crippen LogP contribution in [0.15, 0.2) is 24.3 Å². The summed E-state index contributed by atoms with van der Waals surface area (Å²) in [4.78, 5) is 2.38. The molecular weight excluding hydrogens is 263 g/mol. The van der Waals surface area contributed by atoms with Gasteiger partial charge in [-0.15, -0.1) is 0 Å². The molecule has 0 aromatic heterocycles. The van der Waals surface area contributed by atoms with E-state index in [4.69, 9.17) is 0 Å². The number of rotatable bonds is 9. The molecule has 1 aliphatic rings. The van der Waals surface area contributed by atoms with E-state index in [2.05, 4.69) is 31.0 Å². The highest BCUT2D eigenvalue weighted by Crippen LogP contribution is 2.31. The van der Waals surface area contributed by atoms with Crippen molar-refractivity contribution in [3.05, 3.63) is 30.1 Å². The fraction of sp³-hybridized carbons (Fsp3) is 0.667. The molecule has 1 fully saturated rings. The Morgan fingerprint density at radius 2 is 1.76 bits per heavy atom. The van der Waals surface area contributed by atoms with Gasteiger partial charge in [-0.3, -0.25) is 0 Å². The minimum atomic E-state index is -0.164. The third kappa shape index (κ3) is 4.44. The number of benzene rings is 1. The molecule has 1 N–H and O–H groups in total. The van der Waals surface area contributed by atoms with Crippen LogP contribution in [0.25, 0.3) is 0 Å². The molecule has 0 saturated heterocycles. The lowest BCUT2D eigenvalue weighted by Crippen LogP contribution is -2.44. The summed E-state index contributed by atoms with van der Waals surface area (Å²) in [6.45, 7) is 9.82. The third-order valence-corrected chi connectivity index (χ3v) is 4.94. The van der Waals surface area contributed by atoms with Crippen LogP contribution in [0.4, 0.5) is 10.1 Å². The van der Waals surface area contributed by atoms with Gasteiger partial charge in [0.2, 0.25) is 0 Å². The second kappa shape index (κ2) is 7.26. The van der Waals surface area contributed by atoms with Gasteiger partial charge in [0.25, 0.3) is 0 Å². The van der Waals surface area contributed by atoms with Crippen molar-refractivity contribution in [3.63, 3.8) is 0 Å². The van der Waals surface area contributed by atoms with E-state index in [0.29, 0.717) is 5.41 Å². The molecular formula is C18H29FN2. The van der Waals surface area contributed by atoms with Gasteiger partial charge in [-0.1, -0.05) is 13.8 Å². The molecule has 0 heterocycles. The standard InChI is InChI=1S/C18H29FN2/c1-4-18(5-2,13-20-16-9-10-16)14-21(6-3)17-11-7-15(19)8-12-17/h7-8,11-12,16,20H,4-6,9-10,13-14H2,1-3H3. The van der Waals surface area contributed by atoms with Crippen molar-refractivity contribution in [2.75, 3.05) is 24.5 Å². The number of hydrogen-bond acceptors (Lipinski definition) is 2. The lowest BCUT2D eigenvalue weighted by Gasteiger charge is -2.38. The smallest absolute Gasteiger partial charge is 0.123 e. The van der Waals surface area contributed by atoms with E-state index >= 15 is 0 Å². The first-order valence-corrected chi connectivity index (χ1v) is 8.36. The lowest BCUT2D eigenvalue weighted by atomic mass is 9.81. The van der Waals surface area contributed by atoms with Gasteiger partial charge in [-0.25, -0.2) is 4.39 Å². The van der Waals surface area contributed by atoms with Crippen LogP contribution < -0.4 is 10.2 Å². The molecule has 0 aliphatic heterocycles. The molecule has 1 aromatic rings. The molecule has 0 spiro atoms. The van der Waals surface area contributed by atoms with Crippen molar-refractivity contribution < 1.29 is 4.39 Å².